The van der Waals surface area contributed by atoms with Crippen molar-refractivity contribution in [2.75, 3.05) is 44.1 Å². The summed E-state index contributed by atoms with van der Waals surface area (Å²) in [7, 11) is 3.12. The number of hydrogen-bond acceptors (Lipinski definition) is 5. The molecule has 0 heterocycles. The van der Waals surface area contributed by atoms with Gasteiger partial charge in [-0.15, -0.1) is 0 Å². The molecule has 0 bridgehead atoms. The highest BCUT2D eigenvalue weighted by Crippen LogP contribution is 2.16. The smallest absolute Gasteiger partial charge is 0.396 e. The zero-order valence-corrected chi connectivity index (χ0v) is 12.0. The summed E-state index contributed by atoms with van der Waals surface area (Å²) >= 11 is 0. The minimum Gasteiger partial charge on any atom is -0.462 e. The molecule has 1 N–H and O–H groups in total. The summed E-state index contributed by atoms with van der Waals surface area (Å²) in [5.41, 5.74) is 1.54. The van der Waals surface area contributed by atoms with Crippen LogP contribution < -0.4 is 10.2 Å². The molecule has 0 aliphatic heterocycles. The summed E-state index contributed by atoms with van der Waals surface area (Å²) < 4.78 is 9.62. The Bertz CT molecular complexity index is 445. The van der Waals surface area contributed by atoms with Gasteiger partial charge in [0.1, 0.15) is 0 Å². The normalized spacial score (nSPS) is 9.95. The largest absolute Gasteiger partial charge is 0.462 e. The number of nitrogens with one attached hydrogen (secondary N) is 1. The highest BCUT2D eigenvalue weighted by Gasteiger charge is 2.13. The maximum absolute atomic E-state index is 11.3. The summed E-state index contributed by atoms with van der Waals surface area (Å²) in [5.74, 6) is -1.70. The van der Waals surface area contributed by atoms with Gasteiger partial charge in [-0.2, -0.15) is 0 Å². The first kappa shape index (κ1) is 16.0. The van der Waals surface area contributed by atoms with Crippen LogP contribution in [0.1, 0.15) is 6.92 Å². The molecular weight excluding hydrogens is 260 g/mol. The van der Waals surface area contributed by atoms with Crippen LogP contribution in [0.15, 0.2) is 24.3 Å². The van der Waals surface area contributed by atoms with Crippen LogP contribution in [0.5, 0.6) is 0 Å². The van der Waals surface area contributed by atoms with Gasteiger partial charge in [0.05, 0.1) is 13.7 Å². The first-order valence-electron chi connectivity index (χ1n) is 6.36. The van der Waals surface area contributed by atoms with Crippen molar-refractivity contribution in [1.29, 1.82) is 0 Å². The second-order valence-electron chi connectivity index (χ2n) is 4.11. The zero-order valence-electron chi connectivity index (χ0n) is 12.0. The molecule has 20 heavy (non-hydrogen) atoms. The second kappa shape index (κ2) is 8.16. The Labute approximate surface area is 118 Å². The van der Waals surface area contributed by atoms with Crippen LogP contribution in [0.25, 0.3) is 0 Å². The predicted octanol–water partition coefficient (Wildman–Crippen LogP) is 1.27. The van der Waals surface area contributed by atoms with Crippen molar-refractivity contribution in [3.63, 3.8) is 0 Å². The van der Waals surface area contributed by atoms with E-state index in [9.17, 15) is 9.59 Å². The van der Waals surface area contributed by atoms with Crippen molar-refractivity contribution in [2.45, 2.75) is 6.92 Å². The third kappa shape index (κ3) is 4.89. The second-order valence-corrected chi connectivity index (χ2v) is 4.11. The van der Waals surface area contributed by atoms with E-state index in [1.54, 1.807) is 12.1 Å². The minimum atomic E-state index is -0.914. The van der Waals surface area contributed by atoms with Gasteiger partial charge in [-0.25, -0.2) is 4.79 Å². The number of methoxy groups -OCH3 is 1. The van der Waals surface area contributed by atoms with Crippen molar-refractivity contribution in [1.82, 2.24) is 0 Å². The van der Waals surface area contributed by atoms with Gasteiger partial charge < -0.3 is 19.7 Å². The fourth-order valence-electron chi connectivity index (χ4n) is 1.55. The number of ether oxygens (including phenoxy) is 2. The van der Waals surface area contributed by atoms with Gasteiger partial charge >= 0.3 is 11.9 Å². The molecule has 1 rings (SSSR count). The van der Waals surface area contributed by atoms with E-state index in [-0.39, 0.29) is 0 Å². The van der Waals surface area contributed by atoms with Crippen molar-refractivity contribution in [2.24, 2.45) is 0 Å². The maximum atomic E-state index is 11.3. The summed E-state index contributed by atoms with van der Waals surface area (Å²) in [4.78, 5) is 24.3. The number of rotatable bonds is 6. The lowest BCUT2D eigenvalue weighted by Gasteiger charge is -2.19. The predicted molar refractivity (Wildman–Crippen MR) is 76.9 cm³/mol. The summed E-state index contributed by atoms with van der Waals surface area (Å²) in [6, 6.07) is 7.18. The van der Waals surface area contributed by atoms with Crippen molar-refractivity contribution >= 4 is 23.3 Å². The maximum Gasteiger partial charge on any atom is 0.396 e. The number of amides is 1. The number of nitrogens with zero attached hydrogens (tertiary/aromatic N) is 1. The minimum absolute atomic E-state index is 0.544. The lowest BCUT2D eigenvalue weighted by molar-refractivity contribution is -0.150. The highest BCUT2D eigenvalue weighted by atomic mass is 16.5. The van der Waals surface area contributed by atoms with Crippen LogP contribution in [0.2, 0.25) is 0 Å². The average molecular weight is 280 g/mol. The molecule has 0 saturated heterocycles. The van der Waals surface area contributed by atoms with Crippen LogP contribution in [-0.4, -0.2) is 45.8 Å². The molecule has 0 atom stereocenters. The Kier molecular flexibility index (Phi) is 6.52. The Morgan fingerprint density at radius 2 is 1.90 bits per heavy atom. The number of anilines is 2. The Morgan fingerprint density at radius 1 is 1.25 bits per heavy atom. The van der Waals surface area contributed by atoms with Gasteiger partial charge in [-0.3, -0.25) is 4.79 Å². The number of esters is 1. The van der Waals surface area contributed by atoms with Crippen LogP contribution in [0.3, 0.4) is 0 Å². The van der Waals surface area contributed by atoms with Crippen molar-refractivity contribution in [3.05, 3.63) is 24.3 Å². The number of benzene rings is 1. The monoisotopic (exact) mass is 280 g/mol. The van der Waals surface area contributed by atoms with Crippen LogP contribution in [-0.2, 0) is 19.1 Å². The fraction of sp³-hybridized carbons (Fsp3) is 0.429. The van der Waals surface area contributed by atoms with Crippen molar-refractivity contribution in [3.8, 4) is 0 Å². The third-order valence-electron chi connectivity index (χ3n) is 2.71. The molecule has 6 heteroatoms. The summed E-state index contributed by atoms with van der Waals surface area (Å²) in [6.07, 6.45) is 0. The zero-order chi connectivity index (χ0) is 15.0. The van der Waals surface area contributed by atoms with Gasteiger partial charge in [0.15, 0.2) is 0 Å². The Balaban J connectivity index is 2.55. The summed E-state index contributed by atoms with van der Waals surface area (Å²) in [5, 5.41) is 2.45. The van der Waals surface area contributed by atoms with Crippen LogP contribution in [0, 0.1) is 0 Å². The average Bonchev–Trinajstić information content (AvgIpc) is 2.47. The quantitative estimate of drug-likeness (QED) is 0.483. The molecule has 0 unspecified atom stereocenters. The van der Waals surface area contributed by atoms with Crippen LogP contribution >= 0.6 is 0 Å². The molecule has 0 radical (unpaired) electrons. The highest BCUT2D eigenvalue weighted by molar-refractivity contribution is 6.37. The third-order valence-corrected chi connectivity index (χ3v) is 2.71. The van der Waals surface area contributed by atoms with E-state index in [1.165, 1.54) is 7.11 Å². The van der Waals surface area contributed by atoms with Gasteiger partial charge in [-0.1, -0.05) is 0 Å². The number of hydrogen-bond donors (Lipinski definition) is 1. The van der Waals surface area contributed by atoms with Gasteiger partial charge in [0, 0.05) is 31.6 Å². The van der Waals surface area contributed by atoms with Gasteiger partial charge in [0.25, 0.3) is 0 Å². The molecule has 1 aromatic rings. The SMILES string of the molecule is CCOCCN(C)c1ccc(NC(=O)C(=O)OC)cc1. The number of likely N-dealkylation sites (N-methyl/N-ethyl adjacent to an activating group) is 1. The first-order valence-corrected chi connectivity index (χ1v) is 6.36. The topological polar surface area (TPSA) is 67.9 Å². The van der Waals surface area contributed by atoms with Gasteiger partial charge in [0.2, 0.25) is 0 Å². The fourth-order valence-corrected chi connectivity index (χ4v) is 1.55. The summed E-state index contributed by atoms with van der Waals surface area (Å²) in [6.45, 7) is 4.10. The molecule has 0 saturated carbocycles. The Hall–Kier alpha value is -2.08. The van der Waals surface area contributed by atoms with E-state index < -0.39 is 11.9 Å². The van der Waals surface area contributed by atoms with Gasteiger partial charge in [-0.05, 0) is 31.2 Å². The van der Waals surface area contributed by atoms with Crippen LogP contribution in [0.4, 0.5) is 11.4 Å². The van der Waals surface area contributed by atoms with E-state index in [1.807, 2.05) is 31.0 Å². The van der Waals surface area contributed by atoms with E-state index in [0.717, 1.165) is 12.2 Å². The number of carbonyl (C=O) groups excluding carboxylic acids is 2. The molecule has 1 amide bonds. The van der Waals surface area contributed by atoms with E-state index in [2.05, 4.69) is 10.1 Å². The lowest BCUT2D eigenvalue weighted by atomic mass is 10.2. The molecule has 0 aromatic heterocycles. The first-order chi connectivity index (χ1) is 9.58. The molecule has 110 valence electrons. The molecule has 0 aliphatic carbocycles. The van der Waals surface area contributed by atoms with E-state index in [0.29, 0.717) is 18.9 Å². The molecule has 6 nitrogen and oxygen atoms in total. The molecular formula is C14H20N2O4. The lowest BCUT2D eigenvalue weighted by Crippen LogP contribution is -2.24. The molecule has 0 fully saturated rings. The van der Waals surface area contributed by atoms with Crippen molar-refractivity contribution < 1.29 is 19.1 Å². The van der Waals surface area contributed by atoms with E-state index >= 15 is 0 Å². The molecule has 0 spiro atoms. The standard InChI is InChI=1S/C14H20N2O4/c1-4-20-10-9-16(2)12-7-5-11(6-8-12)15-13(17)14(18)19-3/h5-8H,4,9-10H2,1-3H3,(H,15,17). The Morgan fingerprint density at radius 3 is 2.45 bits per heavy atom. The number of carbonyl (C=O) groups is 2. The van der Waals surface area contributed by atoms with E-state index in [4.69, 9.17) is 4.74 Å². The molecule has 1 aromatic carbocycles. The molecule has 0 aliphatic rings.